The first-order valence-electron chi connectivity index (χ1n) is 9.27. The number of hydrogen-bond acceptors (Lipinski definition) is 4. The van der Waals surface area contributed by atoms with Gasteiger partial charge in [0.1, 0.15) is 5.28 Å². The zero-order chi connectivity index (χ0) is 20.2. The second-order valence-electron chi connectivity index (χ2n) is 6.85. The predicted octanol–water partition coefficient (Wildman–Crippen LogP) is 4.98. The van der Waals surface area contributed by atoms with Gasteiger partial charge in [-0.2, -0.15) is 0 Å². The topological polar surface area (TPSA) is 79.7 Å². The van der Waals surface area contributed by atoms with E-state index < -0.39 is 18.7 Å². The smallest absolute Gasteiger partial charge is 0.408 e. The maximum absolute atomic E-state index is 14.2. The largest absolute Gasteiger partial charge is 0.465 e. The van der Waals surface area contributed by atoms with E-state index in [0.29, 0.717) is 12.1 Å². The Bertz CT molecular complexity index is 874. The Labute approximate surface area is 165 Å². The summed E-state index contributed by atoms with van der Waals surface area (Å²) < 4.78 is 20.0. The maximum Gasteiger partial charge on any atom is 0.408 e. The lowest BCUT2D eigenvalue weighted by Crippen LogP contribution is -2.43. The van der Waals surface area contributed by atoms with Crippen LogP contribution >= 0.6 is 7.37 Å². The summed E-state index contributed by atoms with van der Waals surface area (Å²) in [4.78, 5) is 17.8. The lowest BCUT2D eigenvalue weighted by molar-refractivity contribution is 0.123. The molecule has 3 atom stereocenters. The van der Waals surface area contributed by atoms with Crippen molar-refractivity contribution in [2.45, 2.75) is 31.3 Å². The van der Waals surface area contributed by atoms with Crippen LogP contribution in [0.15, 0.2) is 67.4 Å². The van der Waals surface area contributed by atoms with Gasteiger partial charge in [0.15, 0.2) is 0 Å². The van der Waals surface area contributed by atoms with Gasteiger partial charge in [0.25, 0.3) is 0 Å². The highest BCUT2D eigenvalue weighted by Crippen LogP contribution is 2.76. The number of nitrogens with zero attached hydrogens (tertiary/aromatic N) is 2. The summed E-state index contributed by atoms with van der Waals surface area (Å²) in [6.07, 6.45) is 2.72. The van der Waals surface area contributed by atoms with Crippen molar-refractivity contribution in [1.29, 1.82) is 0 Å². The van der Waals surface area contributed by atoms with Crippen molar-refractivity contribution in [2.24, 2.45) is 5.92 Å². The van der Waals surface area contributed by atoms with Crippen molar-refractivity contribution in [3.05, 3.63) is 78.6 Å². The molecule has 7 heteroatoms. The van der Waals surface area contributed by atoms with Gasteiger partial charge in [-0.1, -0.05) is 42.5 Å². The molecule has 1 aliphatic carbocycles. The molecule has 1 aromatic heterocycles. The standard InChI is InChI=1S/C21H25N2O4P/c1-3-18-14-21(18,23(20(24)25)15-17-10-6-5-7-11-17)28(26,27-4-2)16-19-12-8-9-13-22-19/h3,5-13,18H,1,4,14-16H2,2H3,(H,24,25)/t18-,21+,28+/m1/s1. The van der Waals surface area contributed by atoms with E-state index >= 15 is 0 Å². The Balaban J connectivity index is 2.03. The Hall–Kier alpha value is -2.43. The molecule has 2 aromatic rings. The lowest BCUT2D eigenvalue weighted by Gasteiger charge is -2.36. The summed E-state index contributed by atoms with van der Waals surface area (Å²) in [6, 6.07) is 14.7. The van der Waals surface area contributed by atoms with E-state index in [1.807, 2.05) is 36.4 Å². The molecular weight excluding hydrogens is 375 g/mol. The van der Waals surface area contributed by atoms with E-state index in [-0.39, 0.29) is 25.2 Å². The minimum absolute atomic E-state index is 0.0879. The molecule has 0 aliphatic heterocycles. The van der Waals surface area contributed by atoms with Crippen LogP contribution in [0, 0.1) is 5.92 Å². The van der Waals surface area contributed by atoms with Crippen LogP contribution in [-0.2, 0) is 21.8 Å². The van der Waals surface area contributed by atoms with Crippen LogP contribution in [0.2, 0.25) is 0 Å². The molecule has 1 amide bonds. The average Bonchev–Trinajstić information content (AvgIpc) is 3.44. The third kappa shape index (κ3) is 3.75. The molecule has 0 spiro atoms. The highest BCUT2D eigenvalue weighted by Gasteiger charge is 2.70. The van der Waals surface area contributed by atoms with Crippen molar-refractivity contribution in [3.8, 4) is 0 Å². The van der Waals surface area contributed by atoms with E-state index in [9.17, 15) is 14.5 Å². The minimum atomic E-state index is -3.44. The van der Waals surface area contributed by atoms with Crippen LogP contribution in [0.4, 0.5) is 4.79 Å². The third-order valence-corrected chi connectivity index (χ3v) is 8.50. The molecule has 3 rings (SSSR count). The maximum atomic E-state index is 14.2. The molecule has 0 unspecified atom stereocenters. The number of benzene rings is 1. The molecule has 28 heavy (non-hydrogen) atoms. The average molecular weight is 400 g/mol. The summed E-state index contributed by atoms with van der Waals surface area (Å²) in [5, 5.41) is 8.90. The summed E-state index contributed by atoms with van der Waals surface area (Å²) in [5.74, 6) is -0.228. The summed E-state index contributed by atoms with van der Waals surface area (Å²) in [5.41, 5.74) is 1.46. The van der Waals surface area contributed by atoms with Gasteiger partial charge in [-0.05, 0) is 31.0 Å². The summed E-state index contributed by atoms with van der Waals surface area (Å²) >= 11 is 0. The summed E-state index contributed by atoms with van der Waals surface area (Å²) in [6.45, 7) is 5.98. The Morgan fingerprint density at radius 3 is 2.61 bits per heavy atom. The van der Waals surface area contributed by atoms with Crippen molar-refractivity contribution >= 4 is 13.5 Å². The molecule has 6 nitrogen and oxygen atoms in total. The van der Waals surface area contributed by atoms with Crippen molar-refractivity contribution in [2.75, 3.05) is 6.61 Å². The van der Waals surface area contributed by atoms with Crippen molar-refractivity contribution in [1.82, 2.24) is 9.88 Å². The molecule has 148 valence electrons. The monoisotopic (exact) mass is 400 g/mol. The Kier molecular flexibility index (Phi) is 6.01. The lowest BCUT2D eigenvalue weighted by atomic mass is 10.2. The number of carboxylic acid groups (broad SMARTS) is 1. The Morgan fingerprint density at radius 2 is 2.07 bits per heavy atom. The van der Waals surface area contributed by atoms with E-state index in [2.05, 4.69) is 11.6 Å². The van der Waals surface area contributed by atoms with E-state index in [0.717, 1.165) is 5.56 Å². The molecule has 0 bridgehead atoms. The number of aromatic nitrogens is 1. The molecule has 0 radical (unpaired) electrons. The van der Waals surface area contributed by atoms with E-state index in [1.165, 1.54) is 4.90 Å². The molecule has 1 N–H and O–H groups in total. The fourth-order valence-electron chi connectivity index (χ4n) is 3.77. The SMILES string of the molecule is C=C[C@@H]1C[C@]1(N(Cc1ccccc1)C(=O)O)[P@](=O)(Cc1ccccn1)OCC. The van der Waals surface area contributed by atoms with E-state index in [4.69, 9.17) is 4.52 Å². The first kappa shape index (κ1) is 20.3. The van der Waals surface area contributed by atoms with Crippen LogP contribution in [-0.4, -0.2) is 33.0 Å². The second-order valence-corrected chi connectivity index (χ2v) is 9.55. The molecule has 1 saturated carbocycles. The van der Waals surface area contributed by atoms with Gasteiger partial charge in [-0.15, -0.1) is 6.58 Å². The highest BCUT2D eigenvalue weighted by molar-refractivity contribution is 7.60. The minimum Gasteiger partial charge on any atom is -0.465 e. The van der Waals surface area contributed by atoms with Crippen LogP contribution < -0.4 is 0 Å². The highest BCUT2D eigenvalue weighted by atomic mass is 31.2. The molecule has 1 heterocycles. The normalized spacial score (nSPS) is 22.8. The van der Waals surface area contributed by atoms with Crippen molar-refractivity contribution in [3.63, 3.8) is 0 Å². The molecule has 1 fully saturated rings. The first-order chi connectivity index (χ1) is 13.5. The van der Waals surface area contributed by atoms with Crippen LogP contribution in [0.1, 0.15) is 24.6 Å². The molecule has 1 aromatic carbocycles. The number of amides is 1. The van der Waals surface area contributed by atoms with Gasteiger partial charge in [-0.3, -0.25) is 14.4 Å². The molecule has 1 aliphatic rings. The zero-order valence-electron chi connectivity index (χ0n) is 15.9. The van der Waals surface area contributed by atoms with Gasteiger partial charge in [0.2, 0.25) is 7.37 Å². The number of hydrogen-bond donors (Lipinski definition) is 1. The summed E-state index contributed by atoms with van der Waals surface area (Å²) in [7, 11) is -3.44. The van der Waals surface area contributed by atoms with E-state index in [1.54, 1.807) is 31.3 Å². The fraction of sp³-hybridized carbons (Fsp3) is 0.333. The van der Waals surface area contributed by atoms with Crippen LogP contribution in [0.25, 0.3) is 0 Å². The van der Waals surface area contributed by atoms with Crippen molar-refractivity contribution < 1.29 is 19.0 Å². The zero-order valence-corrected chi connectivity index (χ0v) is 16.8. The van der Waals surface area contributed by atoms with Gasteiger partial charge in [0.05, 0.1) is 25.0 Å². The first-order valence-corrected chi connectivity index (χ1v) is 11.1. The number of carbonyl (C=O) groups is 1. The van der Waals surface area contributed by atoms with Gasteiger partial charge in [0, 0.05) is 12.1 Å². The molecule has 0 saturated heterocycles. The second kappa shape index (κ2) is 8.29. The fourth-order valence-corrected chi connectivity index (χ4v) is 7.00. The quantitative estimate of drug-likeness (QED) is 0.474. The van der Waals surface area contributed by atoms with Crippen LogP contribution in [0.3, 0.4) is 0 Å². The predicted molar refractivity (Wildman–Crippen MR) is 108 cm³/mol. The van der Waals surface area contributed by atoms with Gasteiger partial charge in [-0.25, -0.2) is 4.79 Å². The third-order valence-electron chi connectivity index (χ3n) is 5.14. The number of pyridine rings is 1. The van der Waals surface area contributed by atoms with Gasteiger partial charge < -0.3 is 9.63 Å². The number of rotatable bonds is 9. The van der Waals surface area contributed by atoms with Crippen LogP contribution in [0.5, 0.6) is 0 Å². The Morgan fingerprint density at radius 1 is 1.36 bits per heavy atom. The molecular formula is C21H25N2O4P. The van der Waals surface area contributed by atoms with Gasteiger partial charge >= 0.3 is 6.09 Å².